The second-order valence-corrected chi connectivity index (χ2v) is 7.54. The predicted octanol–water partition coefficient (Wildman–Crippen LogP) is 4.31. The van der Waals surface area contributed by atoms with Crippen molar-refractivity contribution in [3.8, 4) is 5.75 Å². The summed E-state index contributed by atoms with van der Waals surface area (Å²) in [6, 6.07) is 15.0. The van der Waals surface area contributed by atoms with E-state index < -0.39 is 0 Å². The van der Waals surface area contributed by atoms with Gasteiger partial charge in [0.2, 0.25) is 0 Å². The van der Waals surface area contributed by atoms with E-state index in [4.69, 9.17) is 11.6 Å². The number of phenols is 1. The first kappa shape index (κ1) is 18.6. The third-order valence-electron chi connectivity index (χ3n) is 5.29. The second kappa shape index (κ2) is 8.07. The first-order valence-corrected chi connectivity index (χ1v) is 9.82. The molecule has 0 aliphatic carbocycles. The van der Waals surface area contributed by atoms with Crippen LogP contribution in [0, 0.1) is 0 Å². The molecule has 144 valence electrons. The van der Waals surface area contributed by atoms with Crippen LogP contribution in [0.5, 0.6) is 5.75 Å². The molecule has 0 spiro atoms. The van der Waals surface area contributed by atoms with Crippen molar-refractivity contribution in [3.05, 3.63) is 82.9 Å². The third-order valence-corrected chi connectivity index (χ3v) is 5.59. The highest BCUT2D eigenvalue weighted by Crippen LogP contribution is 2.29. The number of benzene rings is 2. The summed E-state index contributed by atoms with van der Waals surface area (Å²) >= 11 is 5.94. The quantitative estimate of drug-likeness (QED) is 0.716. The average Bonchev–Trinajstić information content (AvgIpc) is 3.18. The highest BCUT2D eigenvalue weighted by atomic mass is 35.5. The molecule has 0 bridgehead atoms. The van der Waals surface area contributed by atoms with Gasteiger partial charge in [-0.1, -0.05) is 41.9 Å². The number of amides is 1. The number of aromatic nitrogens is 2. The number of phenolic OH excluding ortho intramolecular Hbond substituents is 1. The Morgan fingerprint density at radius 1 is 1.14 bits per heavy atom. The number of aromatic hydroxyl groups is 1. The van der Waals surface area contributed by atoms with Crippen LogP contribution < -0.4 is 0 Å². The number of nitrogens with zero attached hydrogens (tertiary/aromatic N) is 3. The highest BCUT2D eigenvalue weighted by Gasteiger charge is 2.27. The molecule has 1 amide bonds. The number of halogens is 1. The van der Waals surface area contributed by atoms with Crippen LogP contribution in [0.1, 0.15) is 40.5 Å². The fraction of sp³-hybridized carbons (Fsp3) is 0.273. The average molecular weight is 396 g/mol. The van der Waals surface area contributed by atoms with E-state index in [1.54, 1.807) is 6.07 Å². The minimum Gasteiger partial charge on any atom is -0.506 e. The molecule has 28 heavy (non-hydrogen) atoms. The minimum absolute atomic E-state index is 0.0119. The number of hydrogen-bond donors (Lipinski definition) is 1. The van der Waals surface area contributed by atoms with Crippen LogP contribution in [0.15, 0.2) is 60.9 Å². The van der Waals surface area contributed by atoms with E-state index in [1.165, 1.54) is 17.7 Å². The Morgan fingerprint density at radius 3 is 2.61 bits per heavy atom. The van der Waals surface area contributed by atoms with E-state index in [9.17, 15) is 9.90 Å². The van der Waals surface area contributed by atoms with Crippen LogP contribution >= 0.6 is 11.6 Å². The van der Waals surface area contributed by atoms with Gasteiger partial charge in [-0.3, -0.25) is 4.79 Å². The van der Waals surface area contributed by atoms with Gasteiger partial charge in [0.1, 0.15) is 11.6 Å². The first-order chi connectivity index (χ1) is 13.6. The zero-order valence-corrected chi connectivity index (χ0v) is 16.2. The summed E-state index contributed by atoms with van der Waals surface area (Å²) in [7, 11) is 0. The molecule has 0 radical (unpaired) electrons. The lowest BCUT2D eigenvalue weighted by Gasteiger charge is -2.32. The smallest absolute Gasteiger partial charge is 0.253 e. The van der Waals surface area contributed by atoms with Crippen molar-refractivity contribution in [3.63, 3.8) is 0 Å². The predicted molar refractivity (Wildman–Crippen MR) is 109 cm³/mol. The summed E-state index contributed by atoms with van der Waals surface area (Å²) in [5, 5.41) is 9.74. The molecule has 0 atom stereocenters. The van der Waals surface area contributed by atoms with Crippen LogP contribution in [0.2, 0.25) is 5.02 Å². The van der Waals surface area contributed by atoms with Gasteiger partial charge in [-0.15, -0.1) is 0 Å². The Balaban J connectivity index is 1.41. The van der Waals surface area contributed by atoms with Crippen LogP contribution in [-0.4, -0.2) is 38.6 Å². The molecule has 0 saturated carbocycles. The van der Waals surface area contributed by atoms with E-state index >= 15 is 0 Å². The number of hydrogen-bond acceptors (Lipinski definition) is 3. The lowest BCUT2D eigenvalue weighted by atomic mass is 9.95. The second-order valence-electron chi connectivity index (χ2n) is 7.13. The molecule has 1 aromatic heterocycles. The molecule has 1 saturated heterocycles. The van der Waals surface area contributed by atoms with Crippen molar-refractivity contribution < 1.29 is 9.90 Å². The SMILES string of the molecule is O=C(c1ccc(O)c(Cl)c1)N1CCC(c2nccn2Cc2ccccc2)CC1. The number of carbonyl (C=O) groups is 1. The van der Waals surface area contributed by atoms with Gasteiger partial charge in [-0.2, -0.15) is 0 Å². The minimum atomic E-state index is -0.0482. The topological polar surface area (TPSA) is 58.4 Å². The standard InChI is InChI=1S/C22H22ClN3O2/c23-19-14-18(6-7-20(19)27)22(28)25-11-8-17(9-12-25)21-24-10-13-26(21)15-16-4-2-1-3-5-16/h1-7,10,13-14,17,27H,8-9,11-12,15H2. The van der Waals surface area contributed by atoms with Gasteiger partial charge in [-0.05, 0) is 36.6 Å². The molecule has 5 nitrogen and oxygen atoms in total. The molecule has 2 heterocycles. The van der Waals surface area contributed by atoms with E-state index in [-0.39, 0.29) is 16.7 Å². The maximum absolute atomic E-state index is 12.7. The Kier molecular flexibility index (Phi) is 5.35. The van der Waals surface area contributed by atoms with Gasteiger partial charge < -0.3 is 14.6 Å². The van der Waals surface area contributed by atoms with Crippen LogP contribution in [0.3, 0.4) is 0 Å². The van der Waals surface area contributed by atoms with E-state index in [2.05, 4.69) is 21.7 Å². The number of carbonyl (C=O) groups excluding carboxylic acids is 1. The lowest BCUT2D eigenvalue weighted by molar-refractivity contribution is 0.0710. The van der Waals surface area contributed by atoms with Crippen LogP contribution in [0.4, 0.5) is 0 Å². The third kappa shape index (κ3) is 3.90. The first-order valence-electron chi connectivity index (χ1n) is 9.44. The fourth-order valence-electron chi connectivity index (χ4n) is 3.76. The fourth-order valence-corrected chi connectivity index (χ4v) is 3.94. The van der Waals surface area contributed by atoms with Gasteiger partial charge in [0, 0.05) is 43.5 Å². The molecule has 1 N–H and O–H groups in total. The lowest BCUT2D eigenvalue weighted by Crippen LogP contribution is -2.38. The van der Waals surface area contributed by atoms with Crippen LogP contribution in [-0.2, 0) is 6.54 Å². The van der Waals surface area contributed by atoms with Crippen LogP contribution in [0.25, 0.3) is 0 Å². The zero-order valence-electron chi connectivity index (χ0n) is 15.5. The van der Waals surface area contributed by atoms with Crippen molar-refractivity contribution in [1.82, 2.24) is 14.5 Å². The molecule has 0 unspecified atom stereocenters. The van der Waals surface area contributed by atoms with Gasteiger partial charge in [-0.25, -0.2) is 4.98 Å². The number of piperidine rings is 1. The van der Waals surface area contributed by atoms with Crippen molar-refractivity contribution >= 4 is 17.5 Å². The number of imidazole rings is 1. The van der Waals surface area contributed by atoms with Crippen molar-refractivity contribution in [2.24, 2.45) is 0 Å². The van der Waals surface area contributed by atoms with Crippen molar-refractivity contribution in [2.45, 2.75) is 25.3 Å². The molecule has 1 fully saturated rings. The Labute approximate surface area is 169 Å². The summed E-state index contributed by atoms with van der Waals surface area (Å²) < 4.78 is 2.21. The normalized spacial score (nSPS) is 15.0. The summed E-state index contributed by atoms with van der Waals surface area (Å²) in [5.41, 5.74) is 1.76. The monoisotopic (exact) mass is 395 g/mol. The molecule has 1 aliphatic heterocycles. The summed E-state index contributed by atoms with van der Waals surface area (Å²) in [6.45, 7) is 2.17. The number of rotatable bonds is 4. The molecule has 4 rings (SSSR count). The largest absolute Gasteiger partial charge is 0.506 e. The maximum Gasteiger partial charge on any atom is 0.253 e. The molecule has 3 aromatic rings. The van der Waals surface area contributed by atoms with Crippen molar-refractivity contribution in [2.75, 3.05) is 13.1 Å². The van der Waals surface area contributed by atoms with Gasteiger partial charge >= 0.3 is 0 Å². The summed E-state index contributed by atoms with van der Waals surface area (Å²) in [6.07, 6.45) is 5.64. The zero-order chi connectivity index (χ0) is 19.5. The molecular formula is C22H22ClN3O2. The molecule has 6 heteroatoms. The summed E-state index contributed by atoms with van der Waals surface area (Å²) in [4.78, 5) is 19.2. The van der Waals surface area contributed by atoms with Crippen molar-refractivity contribution in [1.29, 1.82) is 0 Å². The Bertz CT molecular complexity index is 963. The Hall–Kier alpha value is -2.79. The van der Waals surface area contributed by atoms with E-state index in [0.29, 0.717) is 24.6 Å². The maximum atomic E-state index is 12.7. The van der Waals surface area contributed by atoms with Gasteiger partial charge in [0.25, 0.3) is 5.91 Å². The molecule has 2 aromatic carbocycles. The van der Waals surface area contributed by atoms with Gasteiger partial charge in [0.05, 0.1) is 5.02 Å². The highest BCUT2D eigenvalue weighted by molar-refractivity contribution is 6.32. The number of likely N-dealkylation sites (tertiary alicyclic amines) is 1. The molecule has 1 aliphatic rings. The van der Waals surface area contributed by atoms with E-state index in [0.717, 1.165) is 25.2 Å². The summed E-state index contributed by atoms with van der Waals surface area (Å²) in [5.74, 6) is 1.37. The van der Waals surface area contributed by atoms with E-state index in [1.807, 2.05) is 35.5 Å². The van der Waals surface area contributed by atoms with Gasteiger partial charge in [0.15, 0.2) is 0 Å². The Morgan fingerprint density at radius 2 is 1.89 bits per heavy atom. The molecular weight excluding hydrogens is 374 g/mol.